The Morgan fingerprint density at radius 2 is 1.81 bits per heavy atom. The summed E-state index contributed by atoms with van der Waals surface area (Å²) in [6, 6.07) is 23.7. The van der Waals surface area contributed by atoms with Crippen molar-refractivity contribution < 1.29 is 4.74 Å². The predicted octanol–water partition coefficient (Wildman–Crippen LogP) is 4.88. The third-order valence-corrected chi connectivity index (χ3v) is 5.59. The van der Waals surface area contributed by atoms with Gasteiger partial charge >= 0.3 is 0 Å². The summed E-state index contributed by atoms with van der Waals surface area (Å²) in [6.07, 6.45) is 1.67. The summed E-state index contributed by atoms with van der Waals surface area (Å²) in [4.78, 5) is 16.8. The molecule has 0 saturated heterocycles. The van der Waals surface area contributed by atoms with Crippen LogP contribution in [0.15, 0.2) is 83.8 Å². The third kappa shape index (κ3) is 3.67. The highest BCUT2D eigenvalue weighted by Gasteiger charge is 2.13. The molecule has 0 radical (unpaired) electrons. The molecule has 0 saturated carbocycles. The highest BCUT2D eigenvalue weighted by Crippen LogP contribution is 2.28. The van der Waals surface area contributed by atoms with Crippen LogP contribution in [0, 0.1) is 6.92 Å². The van der Waals surface area contributed by atoms with E-state index in [-0.39, 0.29) is 5.56 Å². The third-order valence-electron chi connectivity index (χ3n) is 5.59. The van der Waals surface area contributed by atoms with Gasteiger partial charge in [-0.05, 0) is 36.2 Å². The van der Waals surface area contributed by atoms with Crippen LogP contribution in [0.4, 0.5) is 0 Å². The number of H-pyrrole nitrogens is 1. The summed E-state index contributed by atoms with van der Waals surface area (Å²) in [5, 5.41) is 8.13. The molecule has 0 aliphatic rings. The molecule has 158 valence electrons. The van der Waals surface area contributed by atoms with Crippen molar-refractivity contribution >= 4 is 10.9 Å². The summed E-state index contributed by atoms with van der Waals surface area (Å²) in [5.41, 5.74) is 6.62. The molecule has 1 N–H and O–H groups in total. The molecule has 0 spiro atoms. The fourth-order valence-corrected chi connectivity index (χ4v) is 3.83. The molecular weight excluding hydrogens is 400 g/mol. The van der Waals surface area contributed by atoms with Crippen LogP contribution < -0.4 is 10.3 Å². The normalized spacial score (nSPS) is 11.1. The van der Waals surface area contributed by atoms with Gasteiger partial charge in [-0.15, -0.1) is 0 Å². The van der Waals surface area contributed by atoms with Gasteiger partial charge in [0.15, 0.2) is 0 Å². The van der Waals surface area contributed by atoms with Gasteiger partial charge in [-0.2, -0.15) is 5.10 Å². The molecule has 6 nitrogen and oxygen atoms in total. The van der Waals surface area contributed by atoms with Crippen molar-refractivity contribution in [1.82, 2.24) is 19.7 Å². The van der Waals surface area contributed by atoms with Gasteiger partial charge < -0.3 is 9.30 Å². The van der Waals surface area contributed by atoms with E-state index in [0.717, 1.165) is 44.5 Å². The Kier molecular flexibility index (Phi) is 5.03. The van der Waals surface area contributed by atoms with E-state index in [4.69, 9.17) is 9.72 Å². The van der Waals surface area contributed by atoms with Crippen LogP contribution in [0.3, 0.4) is 0 Å². The van der Waals surface area contributed by atoms with Gasteiger partial charge in [0.1, 0.15) is 6.61 Å². The second-order valence-corrected chi connectivity index (χ2v) is 7.75. The van der Waals surface area contributed by atoms with Gasteiger partial charge in [-0.1, -0.05) is 48.5 Å². The Bertz CT molecular complexity index is 1470. The molecule has 6 heteroatoms. The number of nitrogens with zero attached hydrogens (tertiary/aromatic N) is 3. The van der Waals surface area contributed by atoms with E-state index in [1.807, 2.05) is 36.4 Å². The first-order valence-electron chi connectivity index (χ1n) is 10.4. The van der Waals surface area contributed by atoms with Crippen molar-refractivity contribution in [2.24, 2.45) is 7.05 Å². The van der Waals surface area contributed by atoms with E-state index in [0.29, 0.717) is 12.5 Å². The van der Waals surface area contributed by atoms with Crippen molar-refractivity contribution in [1.29, 1.82) is 0 Å². The van der Waals surface area contributed by atoms with Crippen LogP contribution in [0.25, 0.3) is 33.4 Å². The monoisotopic (exact) mass is 422 g/mol. The average molecular weight is 422 g/mol. The molecule has 0 atom stereocenters. The van der Waals surface area contributed by atoms with Crippen molar-refractivity contribution in [3.8, 4) is 28.4 Å². The topological polar surface area (TPSA) is 72.8 Å². The quantitative estimate of drug-likeness (QED) is 0.438. The summed E-state index contributed by atoms with van der Waals surface area (Å²) in [7, 11) is 1.73. The van der Waals surface area contributed by atoms with Crippen LogP contribution in [0.1, 0.15) is 11.1 Å². The lowest BCUT2D eigenvalue weighted by atomic mass is 10.0. The summed E-state index contributed by atoms with van der Waals surface area (Å²) >= 11 is 0. The number of fused-ring (bicyclic) bond motifs is 1. The number of hydrogen-bond donors (Lipinski definition) is 1. The van der Waals surface area contributed by atoms with Crippen LogP contribution >= 0.6 is 0 Å². The standard InChI is InChI=1S/C26H22N4O2/c1-17-14-20-6-3-4-7-22(20)28-25(17)19-12-10-18(11-13-19)16-32-26-21(15-27-29-26)23-8-5-9-24(31)30(23)2/h3-15H,16H2,1-2H3,(H,27,29). The van der Waals surface area contributed by atoms with Crippen LogP contribution in [0.2, 0.25) is 0 Å². The van der Waals surface area contributed by atoms with Gasteiger partial charge in [0.25, 0.3) is 5.56 Å². The summed E-state index contributed by atoms with van der Waals surface area (Å²) < 4.78 is 7.57. The number of aromatic nitrogens is 4. The molecular formula is C26H22N4O2. The second kappa shape index (κ2) is 8.15. The number of ether oxygens (including phenoxy) is 1. The number of para-hydroxylation sites is 1. The molecule has 3 aromatic heterocycles. The predicted molar refractivity (Wildman–Crippen MR) is 126 cm³/mol. The maximum Gasteiger partial charge on any atom is 0.250 e. The largest absolute Gasteiger partial charge is 0.473 e. The molecule has 0 bridgehead atoms. The minimum Gasteiger partial charge on any atom is -0.473 e. The van der Waals surface area contributed by atoms with Crippen molar-refractivity contribution in [2.75, 3.05) is 0 Å². The lowest BCUT2D eigenvalue weighted by molar-refractivity contribution is 0.294. The Morgan fingerprint density at radius 3 is 2.66 bits per heavy atom. The summed E-state index contributed by atoms with van der Waals surface area (Å²) in [6.45, 7) is 2.46. The smallest absolute Gasteiger partial charge is 0.250 e. The zero-order chi connectivity index (χ0) is 22.1. The fourth-order valence-electron chi connectivity index (χ4n) is 3.83. The summed E-state index contributed by atoms with van der Waals surface area (Å²) in [5.74, 6) is 0.530. The first-order chi connectivity index (χ1) is 15.6. The SMILES string of the molecule is Cc1cc2ccccc2nc1-c1ccc(COc2[nH]ncc2-c2cccc(=O)n2C)cc1. The Hall–Kier alpha value is -4.19. The Labute approximate surface area is 185 Å². The lowest BCUT2D eigenvalue weighted by Gasteiger charge is -2.11. The minimum atomic E-state index is -0.0807. The van der Waals surface area contributed by atoms with E-state index in [1.54, 1.807) is 23.9 Å². The van der Waals surface area contributed by atoms with E-state index in [9.17, 15) is 4.79 Å². The van der Waals surface area contributed by atoms with Gasteiger partial charge in [0.2, 0.25) is 5.88 Å². The molecule has 3 heterocycles. The van der Waals surface area contributed by atoms with E-state index >= 15 is 0 Å². The van der Waals surface area contributed by atoms with E-state index in [1.165, 1.54) is 6.07 Å². The van der Waals surface area contributed by atoms with Crippen molar-refractivity contribution in [2.45, 2.75) is 13.5 Å². The number of nitrogens with one attached hydrogen (secondary N) is 1. The molecule has 32 heavy (non-hydrogen) atoms. The van der Waals surface area contributed by atoms with Gasteiger partial charge in [-0.3, -0.25) is 4.79 Å². The number of pyridine rings is 2. The Balaban J connectivity index is 1.36. The van der Waals surface area contributed by atoms with Crippen LogP contribution in [0.5, 0.6) is 5.88 Å². The molecule has 5 rings (SSSR count). The molecule has 0 fully saturated rings. The molecule has 0 amide bonds. The van der Waals surface area contributed by atoms with Gasteiger partial charge in [0.05, 0.1) is 28.7 Å². The molecule has 5 aromatic rings. The van der Waals surface area contributed by atoms with Crippen LogP contribution in [-0.4, -0.2) is 19.7 Å². The first-order valence-corrected chi connectivity index (χ1v) is 10.4. The van der Waals surface area contributed by atoms with E-state index in [2.05, 4.69) is 41.4 Å². The number of benzene rings is 2. The van der Waals surface area contributed by atoms with Crippen molar-refractivity contribution in [3.05, 3.63) is 100 Å². The molecule has 0 aliphatic carbocycles. The zero-order valence-corrected chi connectivity index (χ0v) is 17.9. The number of aromatic amines is 1. The van der Waals surface area contributed by atoms with Gasteiger partial charge in [-0.25, -0.2) is 10.1 Å². The number of aryl methyl sites for hydroxylation is 1. The molecule has 0 unspecified atom stereocenters. The lowest BCUT2D eigenvalue weighted by Crippen LogP contribution is -2.16. The molecule has 0 aliphatic heterocycles. The maximum absolute atomic E-state index is 12.0. The first kappa shape index (κ1) is 19.8. The Morgan fingerprint density at radius 1 is 1.00 bits per heavy atom. The maximum atomic E-state index is 12.0. The van der Waals surface area contributed by atoms with Crippen LogP contribution in [-0.2, 0) is 13.7 Å². The zero-order valence-electron chi connectivity index (χ0n) is 17.9. The second-order valence-electron chi connectivity index (χ2n) is 7.75. The number of rotatable bonds is 5. The highest BCUT2D eigenvalue weighted by atomic mass is 16.5. The number of hydrogen-bond acceptors (Lipinski definition) is 4. The molecule has 2 aromatic carbocycles. The minimum absolute atomic E-state index is 0.0807. The van der Waals surface area contributed by atoms with E-state index < -0.39 is 0 Å². The van der Waals surface area contributed by atoms with Gasteiger partial charge in [0, 0.05) is 24.1 Å². The average Bonchev–Trinajstić information content (AvgIpc) is 3.28. The van der Waals surface area contributed by atoms with Crippen molar-refractivity contribution in [3.63, 3.8) is 0 Å². The highest BCUT2D eigenvalue weighted by molar-refractivity contribution is 5.83. The fraction of sp³-hybridized carbons (Fsp3) is 0.115.